The summed E-state index contributed by atoms with van der Waals surface area (Å²) in [6.07, 6.45) is 2.83. The second kappa shape index (κ2) is 7.14. The van der Waals surface area contributed by atoms with Crippen LogP contribution in [0.4, 0.5) is 4.39 Å². The number of carbonyl (C=O) groups excluding carboxylic acids is 1. The second-order valence-electron chi connectivity index (χ2n) is 6.37. The fraction of sp³-hybridized carbons (Fsp3) is 0.389. The van der Waals surface area contributed by atoms with Crippen LogP contribution in [0.3, 0.4) is 0 Å². The predicted octanol–water partition coefficient (Wildman–Crippen LogP) is 1.71. The number of rotatable bonds is 3. The average molecular weight is 344 g/mol. The zero-order valence-electron chi connectivity index (χ0n) is 14.1. The molecule has 2 N–H and O–H groups in total. The quantitative estimate of drug-likeness (QED) is 0.919. The van der Waals surface area contributed by atoms with Gasteiger partial charge in [-0.1, -0.05) is 0 Å². The van der Waals surface area contributed by atoms with E-state index in [9.17, 15) is 14.0 Å². The Hall–Kier alpha value is -2.54. The Morgan fingerprint density at radius 3 is 2.64 bits per heavy atom. The minimum Gasteiger partial charge on any atom is -0.333 e. The summed E-state index contributed by atoms with van der Waals surface area (Å²) in [7, 11) is 0. The van der Waals surface area contributed by atoms with Gasteiger partial charge < -0.3 is 10.6 Å². The summed E-state index contributed by atoms with van der Waals surface area (Å²) < 4.78 is 14.2. The van der Waals surface area contributed by atoms with Crippen LogP contribution in [0.2, 0.25) is 0 Å². The molecule has 0 radical (unpaired) electrons. The highest BCUT2D eigenvalue weighted by Crippen LogP contribution is 2.21. The molecule has 0 bridgehead atoms. The molecule has 1 fully saturated rings. The monoisotopic (exact) mass is 344 g/mol. The number of amides is 1. The Kier molecular flexibility index (Phi) is 4.94. The van der Waals surface area contributed by atoms with E-state index in [0.717, 1.165) is 23.9 Å². The molecule has 0 spiro atoms. The van der Waals surface area contributed by atoms with E-state index in [2.05, 4.69) is 5.10 Å². The van der Waals surface area contributed by atoms with Gasteiger partial charge in [0.05, 0.1) is 5.69 Å². The molecule has 1 aliphatic rings. The van der Waals surface area contributed by atoms with Crippen LogP contribution >= 0.6 is 0 Å². The van der Waals surface area contributed by atoms with Crippen molar-refractivity contribution in [1.29, 1.82) is 0 Å². The van der Waals surface area contributed by atoms with E-state index in [-0.39, 0.29) is 29.2 Å². The van der Waals surface area contributed by atoms with E-state index in [4.69, 9.17) is 5.73 Å². The molecule has 7 heteroatoms. The van der Waals surface area contributed by atoms with Crippen LogP contribution in [0.25, 0.3) is 5.69 Å². The highest BCUT2D eigenvalue weighted by Gasteiger charge is 2.30. The number of piperidine rings is 1. The van der Waals surface area contributed by atoms with Crippen molar-refractivity contribution in [2.75, 3.05) is 6.54 Å². The summed E-state index contributed by atoms with van der Waals surface area (Å²) in [6.45, 7) is 2.52. The fourth-order valence-electron chi connectivity index (χ4n) is 3.20. The molecule has 3 rings (SSSR count). The molecule has 1 aromatic carbocycles. The summed E-state index contributed by atoms with van der Waals surface area (Å²) >= 11 is 0. The van der Waals surface area contributed by atoms with Crippen LogP contribution in [0.1, 0.15) is 36.7 Å². The fourth-order valence-corrected chi connectivity index (χ4v) is 3.20. The Morgan fingerprint density at radius 2 is 1.96 bits per heavy atom. The van der Waals surface area contributed by atoms with Gasteiger partial charge in [0, 0.05) is 24.7 Å². The van der Waals surface area contributed by atoms with Gasteiger partial charge >= 0.3 is 0 Å². The van der Waals surface area contributed by atoms with Crippen molar-refractivity contribution < 1.29 is 9.18 Å². The summed E-state index contributed by atoms with van der Waals surface area (Å²) in [5.74, 6) is -0.644. The molecule has 2 aromatic rings. The molecule has 132 valence electrons. The number of hydrogen-bond donors (Lipinski definition) is 1. The first-order valence-corrected chi connectivity index (χ1v) is 8.40. The highest BCUT2D eigenvalue weighted by atomic mass is 19.1. The number of halogens is 1. The van der Waals surface area contributed by atoms with Crippen LogP contribution in [0.15, 0.2) is 41.2 Å². The van der Waals surface area contributed by atoms with Crippen molar-refractivity contribution in [2.24, 2.45) is 5.73 Å². The summed E-state index contributed by atoms with van der Waals surface area (Å²) in [5.41, 5.74) is 6.23. The third kappa shape index (κ3) is 3.61. The lowest BCUT2D eigenvalue weighted by Gasteiger charge is -2.37. The van der Waals surface area contributed by atoms with Gasteiger partial charge in [0.2, 0.25) is 0 Å². The van der Waals surface area contributed by atoms with E-state index in [1.807, 2.05) is 6.92 Å². The summed E-state index contributed by atoms with van der Waals surface area (Å²) in [5, 5.41) is 4.19. The number of likely N-dealkylation sites (tertiary alicyclic amines) is 1. The maximum absolute atomic E-state index is 13.1. The lowest BCUT2D eigenvalue weighted by molar-refractivity contribution is 0.0575. The summed E-state index contributed by atoms with van der Waals surface area (Å²) in [4.78, 5) is 26.7. The lowest BCUT2D eigenvalue weighted by Crippen LogP contribution is -2.52. The van der Waals surface area contributed by atoms with Crippen LogP contribution in [0, 0.1) is 5.82 Å². The van der Waals surface area contributed by atoms with E-state index in [1.54, 1.807) is 4.90 Å². The van der Waals surface area contributed by atoms with E-state index in [1.165, 1.54) is 36.4 Å². The molecule has 1 aromatic heterocycles. The normalized spacial score (nSPS) is 18.8. The number of aromatic nitrogens is 2. The van der Waals surface area contributed by atoms with Crippen LogP contribution in [0.5, 0.6) is 0 Å². The lowest BCUT2D eigenvalue weighted by atomic mass is 9.96. The molecular weight excluding hydrogens is 323 g/mol. The molecule has 0 aliphatic carbocycles. The van der Waals surface area contributed by atoms with Crippen molar-refractivity contribution in [1.82, 2.24) is 14.7 Å². The van der Waals surface area contributed by atoms with Crippen molar-refractivity contribution in [3.8, 4) is 5.69 Å². The van der Waals surface area contributed by atoms with Crippen molar-refractivity contribution in [2.45, 2.75) is 38.3 Å². The van der Waals surface area contributed by atoms with E-state index in [0.29, 0.717) is 12.2 Å². The maximum Gasteiger partial charge on any atom is 0.274 e. The van der Waals surface area contributed by atoms with Gasteiger partial charge in [0.15, 0.2) is 0 Å². The molecule has 1 aliphatic heterocycles. The Morgan fingerprint density at radius 1 is 1.24 bits per heavy atom. The number of nitrogens with two attached hydrogens (primary N) is 1. The Balaban J connectivity index is 1.94. The minimum atomic E-state index is -0.405. The van der Waals surface area contributed by atoms with Crippen LogP contribution in [-0.2, 0) is 0 Å². The molecular formula is C18H21FN4O2. The molecule has 2 heterocycles. The number of hydrogen-bond acceptors (Lipinski definition) is 4. The first kappa shape index (κ1) is 17.3. The Labute approximate surface area is 145 Å². The zero-order chi connectivity index (χ0) is 18.0. The SMILES string of the molecule is CC(N)C1CCCCN1C(=O)c1ccc(=O)n(-c2ccc(F)cc2)n1. The largest absolute Gasteiger partial charge is 0.333 e. The Bertz CT molecular complexity index is 817. The van der Waals surface area contributed by atoms with Gasteiger partial charge in [-0.05, 0) is 56.5 Å². The predicted molar refractivity (Wildman–Crippen MR) is 92.1 cm³/mol. The van der Waals surface area contributed by atoms with Gasteiger partial charge in [0.1, 0.15) is 11.5 Å². The molecule has 1 saturated heterocycles. The molecule has 6 nitrogen and oxygen atoms in total. The van der Waals surface area contributed by atoms with Crippen molar-refractivity contribution in [3.63, 3.8) is 0 Å². The van der Waals surface area contributed by atoms with Crippen molar-refractivity contribution in [3.05, 3.63) is 58.3 Å². The first-order chi connectivity index (χ1) is 12.0. The molecule has 2 atom stereocenters. The number of nitrogens with zero attached hydrogens (tertiary/aromatic N) is 3. The number of benzene rings is 1. The van der Waals surface area contributed by atoms with Gasteiger partial charge in [-0.15, -0.1) is 0 Å². The first-order valence-electron chi connectivity index (χ1n) is 8.40. The molecule has 0 saturated carbocycles. The van der Waals surface area contributed by atoms with Crippen molar-refractivity contribution >= 4 is 5.91 Å². The maximum atomic E-state index is 13.1. The van der Waals surface area contributed by atoms with Gasteiger partial charge in [0.25, 0.3) is 11.5 Å². The second-order valence-corrected chi connectivity index (χ2v) is 6.37. The van der Waals surface area contributed by atoms with E-state index >= 15 is 0 Å². The standard InChI is InChI=1S/C18H21FN4O2/c1-12(20)16-4-2-3-11-22(16)18(25)15-9-10-17(24)23(21-15)14-7-5-13(19)6-8-14/h5-10,12,16H,2-4,11,20H2,1H3. The average Bonchev–Trinajstić information content (AvgIpc) is 2.62. The third-order valence-corrected chi connectivity index (χ3v) is 4.51. The molecule has 25 heavy (non-hydrogen) atoms. The van der Waals surface area contributed by atoms with Gasteiger partial charge in [-0.2, -0.15) is 9.78 Å². The molecule has 2 unspecified atom stereocenters. The van der Waals surface area contributed by atoms with Gasteiger partial charge in [-0.25, -0.2) is 4.39 Å². The molecule has 1 amide bonds. The topological polar surface area (TPSA) is 81.2 Å². The smallest absolute Gasteiger partial charge is 0.274 e. The minimum absolute atomic E-state index is 0.0331. The van der Waals surface area contributed by atoms with E-state index < -0.39 is 5.82 Å². The zero-order valence-corrected chi connectivity index (χ0v) is 14.1. The van der Waals surface area contributed by atoms with Gasteiger partial charge in [-0.3, -0.25) is 9.59 Å². The summed E-state index contributed by atoms with van der Waals surface area (Å²) in [6, 6.07) is 7.95. The highest BCUT2D eigenvalue weighted by molar-refractivity contribution is 5.92. The van der Waals surface area contributed by atoms with Crippen LogP contribution < -0.4 is 11.3 Å². The van der Waals surface area contributed by atoms with Crippen LogP contribution in [-0.4, -0.2) is 39.2 Å². The number of carbonyl (C=O) groups is 1. The third-order valence-electron chi connectivity index (χ3n) is 4.51.